The van der Waals surface area contributed by atoms with E-state index in [0.717, 1.165) is 11.4 Å². The van der Waals surface area contributed by atoms with Gasteiger partial charge in [0.1, 0.15) is 0 Å². The van der Waals surface area contributed by atoms with Crippen molar-refractivity contribution in [1.82, 2.24) is 0 Å². The normalized spacial score (nSPS) is 10.0. The van der Waals surface area contributed by atoms with E-state index in [1.807, 2.05) is 24.1 Å². The lowest BCUT2D eigenvalue weighted by Crippen LogP contribution is -2.11. The second-order valence-corrected chi connectivity index (χ2v) is 4.86. The van der Waals surface area contributed by atoms with E-state index in [1.165, 1.54) is 0 Å². The first-order chi connectivity index (χ1) is 9.02. The molecule has 0 aliphatic heterocycles. The molecule has 19 heavy (non-hydrogen) atoms. The molecular formula is C14H11Cl2N3. The molecule has 0 radical (unpaired) electrons. The predicted octanol–water partition coefficient (Wildman–Crippen LogP) is 4.22. The maximum atomic E-state index is 8.78. The molecule has 2 aromatic rings. The molecule has 0 aromatic heterocycles. The molecule has 0 amide bonds. The zero-order valence-corrected chi connectivity index (χ0v) is 11.7. The molecule has 0 heterocycles. The highest BCUT2D eigenvalue weighted by molar-refractivity contribution is 6.42. The van der Waals surface area contributed by atoms with Gasteiger partial charge in [-0.05, 0) is 36.4 Å². The van der Waals surface area contributed by atoms with Crippen LogP contribution in [0.4, 0.5) is 17.1 Å². The molecular weight excluding hydrogens is 281 g/mol. The number of hydrogen-bond acceptors (Lipinski definition) is 3. The fourth-order valence-corrected chi connectivity index (χ4v) is 2.07. The van der Waals surface area contributed by atoms with Crippen molar-refractivity contribution in [3.63, 3.8) is 0 Å². The van der Waals surface area contributed by atoms with Crippen LogP contribution in [0.1, 0.15) is 5.56 Å². The number of hydrogen-bond donors (Lipinski definition) is 1. The zero-order chi connectivity index (χ0) is 14.0. The van der Waals surface area contributed by atoms with Crippen molar-refractivity contribution >= 4 is 40.3 Å². The van der Waals surface area contributed by atoms with Crippen LogP contribution in [0.25, 0.3) is 0 Å². The topological polar surface area (TPSA) is 53.0 Å². The van der Waals surface area contributed by atoms with Crippen molar-refractivity contribution in [2.24, 2.45) is 0 Å². The Morgan fingerprint density at radius 1 is 1.11 bits per heavy atom. The Labute approximate surface area is 121 Å². The van der Waals surface area contributed by atoms with Crippen molar-refractivity contribution in [2.45, 2.75) is 0 Å². The van der Waals surface area contributed by atoms with E-state index in [2.05, 4.69) is 6.07 Å². The van der Waals surface area contributed by atoms with Gasteiger partial charge in [0, 0.05) is 12.7 Å². The van der Waals surface area contributed by atoms with E-state index in [4.69, 9.17) is 34.2 Å². The summed E-state index contributed by atoms with van der Waals surface area (Å²) in [6.45, 7) is 0. The summed E-state index contributed by atoms with van der Waals surface area (Å²) in [6.07, 6.45) is 0. The second-order valence-electron chi connectivity index (χ2n) is 4.04. The molecule has 0 unspecified atom stereocenters. The summed E-state index contributed by atoms with van der Waals surface area (Å²) in [7, 11) is 1.87. The molecule has 0 saturated carbocycles. The van der Waals surface area contributed by atoms with Crippen LogP contribution in [0.3, 0.4) is 0 Å². The number of benzene rings is 2. The van der Waals surface area contributed by atoms with Gasteiger partial charge in [0.25, 0.3) is 0 Å². The van der Waals surface area contributed by atoms with Crippen LogP contribution in [-0.4, -0.2) is 7.05 Å². The number of rotatable bonds is 2. The minimum absolute atomic E-state index is 0.427. The fourth-order valence-electron chi connectivity index (χ4n) is 1.74. The molecule has 0 spiro atoms. The highest BCUT2D eigenvalue weighted by Gasteiger charge is 2.11. The molecule has 2 aromatic carbocycles. The van der Waals surface area contributed by atoms with E-state index < -0.39 is 0 Å². The number of anilines is 3. The van der Waals surface area contributed by atoms with Gasteiger partial charge in [-0.25, -0.2) is 0 Å². The van der Waals surface area contributed by atoms with Gasteiger partial charge in [-0.1, -0.05) is 23.2 Å². The van der Waals surface area contributed by atoms with Gasteiger partial charge in [-0.2, -0.15) is 5.26 Å². The Balaban J connectivity index is 2.41. The van der Waals surface area contributed by atoms with Crippen molar-refractivity contribution in [3.8, 4) is 6.07 Å². The Kier molecular flexibility index (Phi) is 3.84. The van der Waals surface area contributed by atoms with Crippen LogP contribution in [0.2, 0.25) is 10.0 Å². The van der Waals surface area contributed by atoms with Crippen LogP contribution in [0.5, 0.6) is 0 Å². The first-order valence-electron chi connectivity index (χ1n) is 5.51. The minimum atomic E-state index is 0.427. The van der Waals surface area contributed by atoms with Gasteiger partial charge in [-0.3, -0.25) is 0 Å². The fraction of sp³-hybridized carbons (Fsp3) is 0.0714. The number of nitriles is 1. The molecule has 2 rings (SSSR count). The predicted molar refractivity (Wildman–Crippen MR) is 80.1 cm³/mol. The minimum Gasteiger partial charge on any atom is -0.397 e. The third kappa shape index (κ3) is 2.76. The first kappa shape index (κ1) is 13.5. The maximum Gasteiger partial charge on any atom is 0.0991 e. The Morgan fingerprint density at radius 3 is 2.26 bits per heavy atom. The van der Waals surface area contributed by atoms with Crippen LogP contribution in [0.15, 0.2) is 36.4 Å². The third-order valence-corrected chi connectivity index (χ3v) is 3.54. The van der Waals surface area contributed by atoms with Gasteiger partial charge in [-0.15, -0.1) is 0 Å². The highest BCUT2D eigenvalue weighted by Crippen LogP contribution is 2.35. The van der Waals surface area contributed by atoms with Crippen molar-refractivity contribution in [2.75, 3.05) is 17.7 Å². The summed E-state index contributed by atoms with van der Waals surface area (Å²) in [6, 6.07) is 12.6. The molecule has 0 saturated heterocycles. The number of nitrogens with zero attached hydrogens (tertiary/aromatic N) is 2. The second kappa shape index (κ2) is 5.40. The molecule has 2 N–H and O–H groups in total. The standard InChI is InChI=1S/C14H11Cl2N3/c1-19(10-4-2-9(8-17)3-5-10)14-7-12(16)11(15)6-13(14)18/h2-7H,18H2,1H3. The Bertz CT molecular complexity index is 645. The van der Waals surface area contributed by atoms with Crippen molar-refractivity contribution in [1.29, 1.82) is 5.26 Å². The van der Waals surface area contributed by atoms with Gasteiger partial charge in [0.05, 0.1) is 33.1 Å². The van der Waals surface area contributed by atoms with Gasteiger partial charge in [0.2, 0.25) is 0 Å². The monoisotopic (exact) mass is 291 g/mol. The quantitative estimate of drug-likeness (QED) is 0.843. The van der Waals surface area contributed by atoms with E-state index in [1.54, 1.807) is 24.3 Å². The van der Waals surface area contributed by atoms with Crippen LogP contribution in [-0.2, 0) is 0 Å². The van der Waals surface area contributed by atoms with E-state index in [0.29, 0.717) is 21.3 Å². The summed E-state index contributed by atoms with van der Waals surface area (Å²) in [5.74, 6) is 0. The molecule has 0 bridgehead atoms. The lowest BCUT2D eigenvalue weighted by Gasteiger charge is -2.22. The van der Waals surface area contributed by atoms with Crippen molar-refractivity contribution < 1.29 is 0 Å². The molecule has 96 valence electrons. The average Bonchev–Trinajstić information content (AvgIpc) is 2.42. The lowest BCUT2D eigenvalue weighted by molar-refractivity contribution is 1.21. The molecule has 0 aliphatic rings. The van der Waals surface area contributed by atoms with E-state index >= 15 is 0 Å². The first-order valence-corrected chi connectivity index (χ1v) is 6.27. The smallest absolute Gasteiger partial charge is 0.0991 e. The third-order valence-electron chi connectivity index (χ3n) is 2.81. The lowest BCUT2D eigenvalue weighted by atomic mass is 10.2. The van der Waals surface area contributed by atoms with Crippen LogP contribution >= 0.6 is 23.2 Å². The molecule has 3 nitrogen and oxygen atoms in total. The van der Waals surface area contributed by atoms with Gasteiger partial charge in [0.15, 0.2) is 0 Å². The van der Waals surface area contributed by atoms with Crippen LogP contribution < -0.4 is 10.6 Å². The summed E-state index contributed by atoms with van der Waals surface area (Å²) >= 11 is 11.9. The van der Waals surface area contributed by atoms with Crippen LogP contribution in [0, 0.1) is 11.3 Å². The Hall–Kier alpha value is -1.89. The van der Waals surface area contributed by atoms with Gasteiger partial charge >= 0.3 is 0 Å². The number of halogens is 2. The largest absolute Gasteiger partial charge is 0.397 e. The summed E-state index contributed by atoms with van der Waals surface area (Å²) in [5, 5.41) is 9.66. The summed E-state index contributed by atoms with van der Waals surface area (Å²) in [4.78, 5) is 1.89. The zero-order valence-electron chi connectivity index (χ0n) is 10.2. The van der Waals surface area contributed by atoms with E-state index in [-0.39, 0.29) is 0 Å². The number of nitrogens with two attached hydrogens (primary N) is 1. The average molecular weight is 292 g/mol. The van der Waals surface area contributed by atoms with Crippen molar-refractivity contribution in [3.05, 3.63) is 52.0 Å². The van der Waals surface area contributed by atoms with E-state index in [9.17, 15) is 0 Å². The molecule has 0 aliphatic carbocycles. The number of nitrogen functional groups attached to an aromatic ring is 1. The Morgan fingerprint density at radius 2 is 1.68 bits per heavy atom. The summed E-state index contributed by atoms with van der Waals surface area (Å²) in [5.41, 5.74) is 8.77. The maximum absolute atomic E-state index is 8.78. The highest BCUT2D eigenvalue weighted by atomic mass is 35.5. The summed E-state index contributed by atoms with van der Waals surface area (Å²) < 4.78 is 0. The molecule has 0 fully saturated rings. The van der Waals surface area contributed by atoms with Gasteiger partial charge < -0.3 is 10.6 Å². The SMILES string of the molecule is CN(c1ccc(C#N)cc1)c1cc(Cl)c(Cl)cc1N. The molecule has 5 heteroatoms. The molecule has 0 atom stereocenters.